The molecule has 0 aromatic carbocycles. The fraction of sp³-hybridized carbons (Fsp3) is 0. The Labute approximate surface area is 67.0 Å². The zero-order chi connectivity index (χ0) is 8.24. The lowest BCUT2D eigenvalue weighted by atomic mass is 10.6. The quantitative estimate of drug-likeness (QED) is 0.453. The van der Waals surface area contributed by atoms with Gasteiger partial charge in [-0.1, -0.05) is 43.5 Å². The van der Waals surface area contributed by atoms with Gasteiger partial charge in [0.15, 0.2) is 0 Å². The van der Waals surface area contributed by atoms with Crippen LogP contribution in [0.4, 0.5) is 0 Å². The van der Waals surface area contributed by atoms with Crippen LogP contribution in [0, 0.1) is 0 Å². The Kier molecular flexibility index (Phi) is 18.5. The third-order valence-electron chi connectivity index (χ3n) is 0.401. The molecule has 0 aliphatic carbocycles. The number of allylic oxidation sites excluding steroid dienone is 2. The first-order valence-corrected chi connectivity index (χ1v) is 3.02. The minimum Gasteiger partial charge on any atom is -0.474 e. The molecule has 0 unspecified atom stereocenters. The van der Waals surface area contributed by atoms with Gasteiger partial charge in [0, 0.05) is 5.54 Å². The van der Waals surface area contributed by atoms with Crippen molar-refractivity contribution in [2.45, 2.75) is 0 Å². The molecule has 0 amide bonds. The minimum atomic E-state index is 1.31. The highest BCUT2D eigenvalue weighted by molar-refractivity contribution is 6.25. The Morgan fingerprint density at radius 2 is 1.60 bits per heavy atom. The molecular weight excluding hydrogens is 148 g/mol. The minimum absolute atomic E-state index is 1.31. The van der Waals surface area contributed by atoms with Crippen molar-refractivity contribution in [1.82, 2.24) is 0 Å². The van der Waals surface area contributed by atoms with Gasteiger partial charge in [-0.25, -0.2) is 0 Å². The van der Waals surface area contributed by atoms with E-state index in [1.165, 1.54) is 18.1 Å². The maximum absolute atomic E-state index is 5.05. The third-order valence-corrected chi connectivity index (χ3v) is 0.547. The summed E-state index contributed by atoms with van der Waals surface area (Å²) in [5, 5.41) is 0. The van der Waals surface area contributed by atoms with Crippen LogP contribution in [-0.4, -0.2) is 0 Å². The van der Waals surface area contributed by atoms with E-state index < -0.39 is 0 Å². The maximum atomic E-state index is 5.05. The predicted molar refractivity (Wildman–Crippen MR) is 46.7 cm³/mol. The molecule has 10 heavy (non-hydrogen) atoms. The molecule has 0 bridgehead atoms. The van der Waals surface area contributed by atoms with E-state index in [4.69, 9.17) is 11.6 Å². The van der Waals surface area contributed by atoms with Crippen molar-refractivity contribution in [3.63, 3.8) is 0 Å². The SMILES string of the molecule is C=CC=CCl.C=COC=C. The third kappa shape index (κ3) is 27.7. The summed E-state index contributed by atoms with van der Waals surface area (Å²) in [6.07, 6.45) is 5.90. The maximum Gasteiger partial charge on any atom is 0.0829 e. The summed E-state index contributed by atoms with van der Waals surface area (Å²) < 4.78 is 4.36. The van der Waals surface area contributed by atoms with Crippen molar-refractivity contribution in [2.75, 3.05) is 0 Å². The molecule has 0 N–H and O–H groups in total. The highest BCUT2D eigenvalue weighted by Gasteiger charge is 1.45. The largest absolute Gasteiger partial charge is 0.474 e. The molecule has 0 fully saturated rings. The van der Waals surface area contributed by atoms with Crippen LogP contribution in [0.2, 0.25) is 0 Å². The van der Waals surface area contributed by atoms with E-state index in [9.17, 15) is 0 Å². The standard InChI is InChI=1S/C4H5Cl.C4H6O/c1-2-3-4-5;1-3-5-4-2/h2-4H,1H2;3-4H,1-2H2. The van der Waals surface area contributed by atoms with Crippen LogP contribution in [0.3, 0.4) is 0 Å². The fourth-order valence-electron chi connectivity index (χ4n) is 0.119. The molecule has 0 aliphatic rings. The second-order valence-electron chi connectivity index (χ2n) is 1.02. The van der Waals surface area contributed by atoms with Crippen LogP contribution in [-0.2, 0) is 4.74 Å². The average molecular weight is 159 g/mol. The van der Waals surface area contributed by atoms with Crippen molar-refractivity contribution < 1.29 is 4.74 Å². The molecule has 0 atom stereocenters. The first-order valence-electron chi connectivity index (χ1n) is 2.58. The van der Waals surface area contributed by atoms with Gasteiger partial charge >= 0.3 is 0 Å². The van der Waals surface area contributed by atoms with E-state index in [-0.39, 0.29) is 0 Å². The Bertz CT molecular complexity index is 110. The van der Waals surface area contributed by atoms with E-state index in [0.717, 1.165) is 0 Å². The van der Waals surface area contributed by atoms with E-state index in [2.05, 4.69) is 24.5 Å². The fourth-order valence-corrected chi connectivity index (χ4v) is 0.222. The van der Waals surface area contributed by atoms with Gasteiger partial charge in [-0.2, -0.15) is 0 Å². The molecule has 0 heterocycles. The van der Waals surface area contributed by atoms with Crippen LogP contribution in [0.1, 0.15) is 0 Å². The highest BCUT2D eigenvalue weighted by atomic mass is 35.5. The zero-order valence-corrected chi connectivity index (χ0v) is 6.55. The lowest BCUT2D eigenvalue weighted by Crippen LogP contribution is -1.52. The molecule has 0 aliphatic heterocycles. The van der Waals surface area contributed by atoms with Crippen molar-refractivity contribution >= 4 is 11.6 Å². The second kappa shape index (κ2) is 15.7. The number of rotatable bonds is 3. The molecule has 0 aromatic rings. The van der Waals surface area contributed by atoms with Crippen molar-refractivity contribution in [2.24, 2.45) is 0 Å². The van der Waals surface area contributed by atoms with Crippen LogP contribution in [0.15, 0.2) is 49.9 Å². The van der Waals surface area contributed by atoms with Gasteiger partial charge in [-0.05, 0) is 0 Å². The monoisotopic (exact) mass is 158 g/mol. The summed E-state index contributed by atoms with van der Waals surface area (Å²) in [6.45, 7) is 9.89. The summed E-state index contributed by atoms with van der Waals surface area (Å²) in [4.78, 5) is 0. The van der Waals surface area contributed by atoms with E-state index in [1.54, 1.807) is 12.2 Å². The van der Waals surface area contributed by atoms with Crippen LogP contribution in [0.25, 0.3) is 0 Å². The van der Waals surface area contributed by atoms with Gasteiger partial charge in [0.2, 0.25) is 0 Å². The van der Waals surface area contributed by atoms with Crippen LogP contribution in [0.5, 0.6) is 0 Å². The molecule has 0 radical (unpaired) electrons. The molecule has 0 saturated carbocycles. The van der Waals surface area contributed by atoms with Crippen molar-refractivity contribution in [1.29, 1.82) is 0 Å². The van der Waals surface area contributed by atoms with Crippen LogP contribution >= 0.6 is 11.6 Å². The van der Waals surface area contributed by atoms with Crippen molar-refractivity contribution in [3.05, 3.63) is 49.9 Å². The smallest absolute Gasteiger partial charge is 0.0829 e. The molecule has 0 rings (SSSR count). The van der Waals surface area contributed by atoms with E-state index >= 15 is 0 Å². The van der Waals surface area contributed by atoms with Gasteiger partial charge < -0.3 is 4.74 Å². The normalized spacial score (nSPS) is 7.30. The number of ether oxygens (including phenoxy) is 1. The predicted octanol–water partition coefficient (Wildman–Crippen LogP) is 3.21. The summed E-state index contributed by atoms with van der Waals surface area (Å²) in [5.74, 6) is 0. The van der Waals surface area contributed by atoms with Gasteiger partial charge in [0.25, 0.3) is 0 Å². The Morgan fingerprint density at radius 1 is 1.10 bits per heavy atom. The summed E-state index contributed by atoms with van der Waals surface area (Å²) >= 11 is 5.05. The average Bonchev–Trinajstić information content (AvgIpc) is 1.93. The molecule has 0 aromatic heterocycles. The molecule has 1 nitrogen and oxygen atoms in total. The highest BCUT2D eigenvalue weighted by Crippen LogP contribution is 1.74. The van der Waals surface area contributed by atoms with E-state index in [1.807, 2.05) is 0 Å². The van der Waals surface area contributed by atoms with Gasteiger partial charge in [-0.15, -0.1) is 0 Å². The van der Waals surface area contributed by atoms with Gasteiger partial charge in [0.05, 0.1) is 12.5 Å². The Hall–Kier alpha value is -0.950. The lowest BCUT2D eigenvalue weighted by molar-refractivity contribution is 0.406. The van der Waals surface area contributed by atoms with E-state index in [0.29, 0.717) is 0 Å². The molecule has 0 saturated heterocycles. The second-order valence-corrected chi connectivity index (χ2v) is 1.28. The molecular formula is C8H11ClO. The summed E-state index contributed by atoms with van der Waals surface area (Å²) in [5.41, 5.74) is 1.41. The number of halogens is 1. The molecule has 2 heteroatoms. The zero-order valence-electron chi connectivity index (χ0n) is 5.79. The molecule has 56 valence electrons. The lowest BCUT2D eigenvalue weighted by Gasteiger charge is -1.76. The Morgan fingerprint density at radius 3 is 1.60 bits per heavy atom. The first kappa shape index (κ1) is 11.8. The number of hydrogen-bond acceptors (Lipinski definition) is 1. The first-order chi connectivity index (χ1) is 4.83. The summed E-state index contributed by atoms with van der Waals surface area (Å²) in [7, 11) is 0. The summed E-state index contributed by atoms with van der Waals surface area (Å²) in [6, 6.07) is 0. The topological polar surface area (TPSA) is 9.23 Å². The van der Waals surface area contributed by atoms with Gasteiger partial charge in [0.1, 0.15) is 0 Å². The Balaban J connectivity index is 0. The van der Waals surface area contributed by atoms with Crippen LogP contribution < -0.4 is 0 Å². The number of hydrogen-bond donors (Lipinski definition) is 0. The van der Waals surface area contributed by atoms with Crippen molar-refractivity contribution in [3.8, 4) is 0 Å². The molecule has 0 spiro atoms. The van der Waals surface area contributed by atoms with Gasteiger partial charge in [-0.3, -0.25) is 0 Å².